The van der Waals surface area contributed by atoms with E-state index in [1.54, 1.807) is 0 Å². The van der Waals surface area contributed by atoms with E-state index in [4.69, 9.17) is 5.11 Å². The van der Waals surface area contributed by atoms with Gasteiger partial charge in [-0.15, -0.1) is 0 Å². The van der Waals surface area contributed by atoms with Crippen LogP contribution in [-0.2, 0) is 14.8 Å². The molecule has 1 rings (SSSR count). The predicted molar refractivity (Wildman–Crippen MR) is 64.3 cm³/mol. The van der Waals surface area contributed by atoms with Gasteiger partial charge >= 0.3 is 5.97 Å². The third-order valence-corrected chi connectivity index (χ3v) is 4.33. The number of rotatable bonds is 5. The Balaban J connectivity index is 2.58. The summed E-state index contributed by atoms with van der Waals surface area (Å²) in [6, 6.07) is -0.485. The number of hydrogen-bond acceptors (Lipinski definition) is 4. The van der Waals surface area contributed by atoms with Crippen LogP contribution in [0.1, 0.15) is 19.8 Å². The van der Waals surface area contributed by atoms with Crippen molar-refractivity contribution in [3.8, 4) is 0 Å². The van der Waals surface area contributed by atoms with Crippen molar-refractivity contribution >= 4 is 16.0 Å². The minimum Gasteiger partial charge on any atom is -0.480 e. The average Bonchev–Trinajstić information content (AvgIpc) is 2.24. The van der Waals surface area contributed by atoms with Crippen LogP contribution in [-0.4, -0.2) is 67.2 Å². The van der Waals surface area contributed by atoms with Crippen molar-refractivity contribution in [2.45, 2.75) is 25.8 Å². The smallest absolute Gasteiger partial charge is 0.320 e. The maximum absolute atomic E-state index is 11.3. The zero-order chi connectivity index (χ0) is 13.1. The second-order valence-corrected chi connectivity index (χ2v) is 6.32. The van der Waals surface area contributed by atoms with Gasteiger partial charge in [-0.3, -0.25) is 9.69 Å². The van der Waals surface area contributed by atoms with Crippen LogP contribution >= 0.6 is 0 Å². The van der Waals surface area contributed by atoms with E-state index in [0.717, 1.165) is 6.42 Å². The Morgan fingerprint density at radius 2 is 1.82 bits per heavy atom. The molecule has 0 aliphatic carbocycles. The van der Waals surface area contributed by atoms with Crippen molar-refractivity contribution in [1.82, 2.24) is 9.21 Å². The molecule has 1 fully saturated rings. The van der Waals surface area contributed by atoms with Gasteiger partial charge in [0.05, 0.1) is 6.26 Å². The number of piperazine rings is 1. The maximum Gasteiger partial charge on any atom is 0.320 e. The van der Waals surface area contributed by atoms with E-state index in [2.05, 4.69) is 0 Å². The molecule has 1 aliphatic heterocycles. The summed E-state index contributed by atoms with van der Waals surface area (Å²) < 4.78 is 24.0. The SMILES string of the molecule is CCCC(C(=O)O)N1CCN(S(C)(=O)=O)CC1. The van der Waals surface area contributed by atoms with Gasteiger partial charge in [0, 0.05) is 26.2 Å². The minimum absolute atomic E-state index is 0.381. The van der Waals surface area contributed by atoms with Crippen LogP contribution in [0.5, 0.6) is 0 Å². The van der Waals surface area contributed by atoms with E-state index in [1.807, 2.05) is 11.8 Å². The quantitative estimate of drug-likeness (QED) is 0.745. The molecule has 7 heteroatoms. The number of aliphatic carboxylic acids is 1. The molecule has 1 aliphatic rings. The second kappa shape index (κ2) is 5.79. The van der Waals surface area contributed by atoms with Crippen molar-refractivity contribution in [3.05, 3.63) is 0 Å². The van der Waals surface area contributed by atoms with Crippen molar-refractivity contribution in [2.75, 3.05) is 32.4 Å². The first-order valence-corrected chi connectivity index (χ1v) is 7.63. The second-order valence-electron chi connectivity index (χ2n) is 4.34. The van der Waals surface area contributed by atoms with Crippen LogP contribution in [0.2, 0.25) is 0 Å². The Hall–Kier alpha value is -0.660. The van der Waals surface area contributed by atoms with E-state index >= 15 is 0 Å². The number of hydrogen-bond donors (Lipinski definition) is 1. The summed E-state index contributed by atoms with van der Waals surface area (Å²) >= 11 is 0. The normalized spacial score (nSPS) is 21.3. The molecule has 0 spiro atoms. The lowest BCUT2D eigenvalue weighted by molar-refractivity contribution is -0.144. The summed E-state index contributed by atoms with van der Waals surface area (Å²) in [6.07, 6.45) is 2.60. The summed E-state index contributed by atoms with van der Waals surface area (Å²) in [6.45, 7) is 3.69. The number of carboxylic acids is 1. The number of nitrogens with zero attached hydrogens (tertiary/aromatic N) is 2. The largest absolute Gasteiger partial charge is 0.480 e. The molecule has 0 saturated carbocycles. The Labute approximate surface area is 102 Å². The Kier molecular flexibility index (Phi) is 4.91. The highest BCUT2D eigenvalue weighted by atomic mass is 32.2. The highest BCUT2D eigenvalue weighted by molar-refractivity contribution is 7.88. The molecule has 0 aromatic rings. The van der Waals surface area contributed by atoms with E-state index in [0.29, 0.717) is 32.6 Å². The molecular formula is C10H20N2O4S. The lowest BCUT2D eigenvalue weighted by atomic mass is 10.1. The number of carboxylic acid groups (broad SMARTS) is 1. The maximum atomic E-state index is 11.3. The molecule has 1 unspecified atom stereocenters. The van der Waals surface area contributed by atoms with Crippen molar-refractivity contribution in [1.29, 1.82) is 0 Å². The van der Waals surface area contributed by atoms with E-state index in [9.17, 15) is 13.2 Å². The highest BCUT2D eigenvalue weighted by Gasteiger charge is 2.30. The first-order chi connectivity index (χ1) is 7.86. The number of carbonyl (C=O) groups is 1. The lowest BCUT2D eigenvalue weighted by Crippen LogP contribution is -2.53. The molecule has 0 aromatic heterocycles. The van der Waals surface area contributed by atoms with Crippen LogP contribution in [0.25, 0.3) is 0 Å². The fraction of sp³-hybridized carbons (Fsp3) is 0.900. The van der Waals surface area contributed by atoms with Crippen LogP contribution in [0.15, 0.2) is 0 Å². The van der Waals surface area contributed by atoms with Crippen LogP contribution in [0.3, 0.4) is 0 Å². The van der Waals surface area contributed by atoms with Crippen molar-refractivity contribution < 1.29 is 18.3 Å². The average molecular weight is 264 g/mol. The molecule has 1 saturated heterocycles. The van der Waals surface area contributed by atoms with Gasteiger partial charge < -0.3 is 5.11 Å². The molecule has 6 nitrogen and oxygen atoms in total. The summed E-state index contributed by atoms with van der Waals surface area (Å²) in [5, 5.41) is 9.11. The minimum atomic E-state index is -3.15. The van der Waals surface area contributed by atoms with E-state index in [1.165, 1.54) is 10.6 Å². The van der Waals surface area contributed by atoms with E-state index in [-0.39, 0.29) is 0 Å². The summed E-state index contributed by atoms with van der Waals surface area (Å²) in [4.78, 5) is 12.9. The molecule has 1 atom stereocenters. The Bertz CT molecular complexity index is 361. The standard InChI is InChI=1S/C10H20N2O4S/c1-3-4-9(10(13)14)11-5-7-12(8-6-11)17(2,15)16/h9H,3-8H2,1-2H3,(H,13,14). The molecule has 0 bridgehead atoms. The molecule has 0 radical (unpaired) electrons. The fourth-order valence-electron chi connectivity index (χ4n) is 2.08. The van der Waals surface area contributed by atoms with Crippen LogP contribution < -0.4 is 0 Å². The molecule has 1 heterocycles. The van der Waals surface area contributed by atoms with Gasteiger partial charge in [0.2, 0.25) is 10.0 Å². The summed E-state index contributed by atoms with van der Waals surface area (Å²) in [7, 11) is -3.15. The van der Waals surface area contributed by atoms with Crippen molar-refractivity contribution in [3.63, 3.8) is 0 Å². The fourth-order valence-corrected chi connectivity index (χ4v) is 2.91. The highest BCUT2D eigenvalue weighted by Crippen LogP contribution is 2.13. The predicted octanol–water partition coefficient (Wildman–Crippen LogP) is -0.183. The van der Waals surface area contributed by atoms with Crippen molar-refractivity contribution in [2.24, 2.45) is 0 Å². The molecule has 100 valence electrons. The first kappa shape index (κ1) is 14.4. The Morgan fingerprint density at radius 3 is 2.18 bits per heavy atom. The summed E-state index contributed by atoms with van der Waals surface area (Å²) in [5.41, 5.74) is 0. The molecule has 17 heavy (non-hydrogen) atoms. The van der Waals surface area contributed by atoms with E-state index < -0.39 is 22.0 Å². The zero-order valence-corrected chi connectivity index (χ0v) is 11.1. The molecule has 0 aromatic carbocycles. The Morgan fingerprint density at radius 1 is 1.29 bits per heavy atom. The van der Waals surface area contributed by atoms with Gasteiger partial charge in [0.15, 0.2) is 0 Å². The van der Waals surface area contributed by atoms with Crippen LogP contribution in [0.4, 0.5) is 0 Å². The van der Waals surface area contributed by atoms with Gasteiger partial charge in [-0.1, -0.05) is 13.3 Å². The van der Waals surface area contributed by atoms with Crippen LogP contribution in [0, 0.1) is 0 Å². The molecule has 1 N–H and O–H groups in total. The third-order valence-electron chi connectivity index (χ3n) is 3.03. The zero-order valence-electron chi connectivity index (χ0n) is 10.3. The van der Waals surface area contributed by atoms with Gasteiger partial charge in [-0.2, -0.15) is 4.31 Å². The molecular weight excluding hydrogens is 244 g/mol. The van der Waals surface area contributed by atoms with Gasteiger partial charge in [0.25, 0.3) is 0 Å². The van der Waals surface area contributed by atoms with Gasteiger partial charge in [-0.05, 0) is 6.42 Å². The lowest BCUT2D eigenvalue weighted by Gasteiger charge is -2.36. The third kappa shape index (κ3) is 3.93. The topological polar surface area (TPSA) is 77.9 Å². The van der Waals surface area contributed by atoms with Gasteiger partial charge in [0.1, 0.15) is 6.04 Å². The van der Waals surface area contributed by atoms with Gasteiger partial charge in [-0.25, -0.2) is 8.42 Å². The number of sulfonamides is 1. The first-order valence-electron chi connectivity index (χ1n) is 5.78. The molecule has 0 amide bonds. The monoisotopic (exact) mass is 264 g/mol. The summed E-state index contributed by atoms with van der Waals surface area (Å²) in [5.74, 6) is -0.820.